The molecule has 1 rings (SSSR count). The van der Waals surface area contributed by atoms with Crippen molar-refractivity contribution in [3.05, 3.63) is 0 Å². The molecule has 1 aliphatic rings. The fourth-order valence-corrected chi connectivity index (χ4v) is 2.14. The minimum atomic E-state index is -0.861. The molecule has 1 fully saturated rings. The number of carboxylic acids is 1. The number of rotatable bonds is 7. The van der Waals surface area contributed by atoms with E-state index in [2.05, 4.69) is 17.6 Å². The lowest BCUT2D eigenvalue weighted by Gasteiger charge is -2.17. The second-order valence-electron chi connectivity index (χ2n) is 5.43. The number of hydrogen-bond acceptors (Lipinski definition) is 2. The average molecular weight is 256 g/mol. The first-order chi connectivity index (χ1) is 8.45. The van der Waals surface area contributed by atoms with Gasteiger partial charge in [-0.05, 0) is 24.7 Å². The number of hydrogen-bond donors (Lipinski definition) is 3. The molecule has 0 heterocycles. The predicted octanol–water partition coefficient (Wildman–Crippen LogP) is 1.83. The molecular weight excluding hydrogens is 232 g/mol. The first-order valence-electron chi connectivity index (χ1n) is 6.72. The number of nitrogens with one attached hydrogen (secondary N) is 2. The molecule has 0 aliphatic heterocycles. The van der Waals surface area contributed by atoms with Gasteiger partial charge in [0.25, 0.3) is 0 Å². The molecule has 104 valence electrons. The highest BCUT2D eigenvalue weighted by atomic mass is 16.4. The van der Waals surface area contributed by atoms with Gasteiger partial charge in [-0.15, -0.1) is 0 Å². The van der Waals surface area contributed by atoms with Crippen molar-refractivity contribution in [2.75, 3.05) is 6.54 Å². The Hall–Kier alpha value is -1.26. The number of carboxylic acid groups (broad SMARTS) is 1. The number of amides is 2. The molecule has 5 nitrogen and oxygen atoms in total. The van der Waals surface area contributed by atoms with Crippen LogP contribution in [0, 0.1) is 17.8 Å². The van der Waals surface area contributed by atoms with Crippen LogP contribution in [-0.2, 0) is 4.79 Å². The van der Waals surface area contributed by atoms with Gasteiger partial charge in [-0.25, -0.2) is 4.79 Å². The first kappa shape index (κ1) is 14.8. The summed E-state index contributed by atoms with van der Waals surface area (Å²) >= 11 is 0. The number of carbonyl (C=O) groups is 2. The third-order valence-corrected chi connectivity index (χ3v) is 3.50. The van der Waals surface area contributed by atoms with Gasteiger partial charge >= 0.3 is 12.0 Å². The molecule has 0 bridgehead atoms. The van der Waals surface area contributed by atoms with E-state index in [9.17, 15) is 9.59 Å². The zero-order valence-electron chi connectivity index (χ0n) is 11.4. The third-order valence-electron chi connectivity index (χ3n) is 3.50. The summed E-state index contributed by atoms with van der Waals surface area (Å²) in [5, 5.41) is 14.5. The molecular formula is C13H24N2O3. The number of aliphatic carboxylic acids is 1. The molecule has 5 heteroatoms. The quantitative estimate of drug-likeness (QED) is 0.650. The van der Waals surface area contributed by atoms with E-state index in [4.69, 9.17) is 5.11 Å². The summed E-state index contributed by atoms with van der Waals surface area (Å²) in [7, 11) is 0. The van der Waals surface area contributed by atoms with Crippen LogP contribution in [0.4, 0.5) is 4.79 Å². The molecule has 0 saturated heterocycles. The Balaban J connectivity index is 2.23. The van der Waals surface area contributed by atoms with Crippen LogP contribution in [0.25, 0.3) is 0 Å². The van der Waals surface area contributed by atoms with Crippen molar-refractivity contribution in [2.45, 2.75) is 46.1 Å². The van der Waals surface area contributed by atoms with Crippen molar-refractivity contribution >= 4 is 12.0 Å². The molecule has 0 aromatic carbocycles. The second kappa shape index (κ2) is 6.61. The fourth-order valence-electron chi connectivity index (χ4n) is 2.14. The van der Waals surface area contributed by atoms with Crippen LogP contribution in [0.3, 0.4) is 0 Å². The predicted molar refractivity (Wildman–Crippen MR) is 69.3 cm³/mol. The summed E-state index contributed by atoms with van der Waals surface area (Å²) in [5.74, 6) is -0.764. The van der Waals surface area contributed by atoms with E-state index in [0.29, 0.717) is 5.92 Å². The van der Waals surface area contributed by atoms with Gasteiger partial charge in [-0.2, -0.15) is 0 Å². The van der Waals surface area contributed by atoms with Crippen LogP contribution in [0.15, 0.2) is 0 Å². The molecule has 1 saturated carbocycles. The largest absolute Gasteiger partial charge is 0.481 e. The first-order valence-corrected chi connectivity index (χ1v) is 6.72. The molecule has 2 amide bonds. The van der Waals surface area contributed by atoms with E-state index in [0.717, 1.165) is 19.3 Å². The van der Waals surface area contributed by atoms with Crippen molar-refractivity contribution in [2.24, 2.45) is 17.8 Å². The van der Waals surface area contributed by atoms with E-state index in [1.54, 1.807) is 0 Å². The van der Waals surface area contributed by atoms with E-state index in [1.807, 2.05) is 13.8 Å². The van der Waals surface area contributed by atoms with Crippen LogP contribution < -0.4 is 10.6 Å². The van der Waals surface area contributed by atoms with Gasteiger partial charge < -0.3 is 15.7 Å². The second-order valence-corrected chi connectivity index (χ2v) is 5.43. The number of carbonyl (C=O) groups excluding carboxylic acids is 1. The van der Waals surface area contributed by atoms with Gasteiger partial charge in [0.15, 0.2) is 0 Å². The van der Waals surface area contributed by atoms with E-state index in [-0.39, 0.29) is 24.5 Å². The van der Waals surface area contributed by atoms with Gasteiger partial charge in [-0.3, -0.25) is 4.79 Å². The average Bonchev–Trinajstić information content (AvgIpc) is 2.95. The zero-order chi connectivity index (χ0) is 13.7. The fraction of sp³-hybridized carbons (Fsp3) is 0.846. The molecule has 0 spiro atoms. The third kappa shape index (κ3) is 4.55. The Morgan fingerprint density at radius 1 is 1.39 bits per heavy atom. The van der Waals surface area contributed by atoms with Crippen molar-refractivity contribution in [1.29, 1.82) is 0 Å². The van der Waals surface area contributed by atoms with Crippen molar-refractivity contribution in [1.82, 2.24) is 10.6 Å². The Kier molecular flexibility index (Phi) is 5.44. The summed E-state index contributed by atoms with van der Waals surface area (Å²) < 4.78 is 0. The van der Waals surface area contributed by atoms with Crippen molar-refractivity contribution in [3.63, 3.8) is 0 Å². The lowest BCUT2D eigenvalue weighted by Crippen LogP contribution is -2.42. The normalized spacial score (nSPS) is 23.6. The maximum absolute atomic E-state index is 11.6. The van der Waals surface area contributed by atoms with E-state index >= 15 is 0 Å². The van der Waals surface area contributed by atoms with Gasteiger partial charge in [0.1, 0.15) is 0 Å². The smallest absolute Gasteiger partial charge is 0.315 e. The molecule has 1 aliphatic carbocycles. The Labute approximate surface area is 108 Å². The molecule has 3 unspecified atom stereocenters. The lowest BCUT2D eigenvalue weighted by atomic mass is 9.96. The van der Waals surface area contributed by atoms with Crippen LogP contribution in [0.2, 0.25) is 0 Å². The van der Waals surface area contributed by atoms with Crippen LogP contribution in [0.5, 0.6) is 0 Å². The summed E-state index contributed by atoms with van der Waals surface area (Å²) in [6.07, 6.45) is 3.33. The topological polar surface area (TPSA) is 78.4 Å². The molecule has 3 atom stereocenters. The Morgan fingerprint density at radius 2 is 2.06 bits per heavy atom. The van der Waals surface area contributed by atoms with Crippen molar-refractivity contribution < 1.29 is 14.7 Å². The molecule has 3 N–H and O–H groups in total. The maximum atomic E-state index is 11.6. The van der Waals surface area contributed by atoms with E-state index in [1.165, 1.54) is 0 Å². The van der Waals surface area contributed by atoms with Gasteiger partial charge in [0.2, 0.25) is 0 Å². The summed E-state index contributed by atoms with van der Waals surface area (Å²) in [6.45, 7) is 6.01. The van der Waals surface area contributed by atoms with Gasteiger partial charge in [0.05, 0.1) is 5.92 Å². The molecule has 18 heavy (non-hydrogen) atoms. The van der Waals surface area contributed by atoms with Crippen LogP contribution >= 0.6 is 0 Å². The maximum Gasteiger partial charge on any atom is 0.315 e. The van der Waals surface area contributed by atoms with Crippen molar-refractivity contribution in [3.8, 4) is 0 Å². The monoisotopic (exact) mass is 256 g/mol. The Morgan fingerprint density at radius 3 is 2.56 bits per heavy atom. The standard InChI is InChI=1S/C13H24N2O3/c1-4-5-9-6-11(9)15-13(18)14-7-10(8(2)3)12(16)17/h8-11H,4-7H2,1-3H3,(H,16,17)(H2,14,15,18). The highest BCUT2D eigenvalue weighted by Crippen LogP contribution is 2.34. The van der Waals surface area contributed by atoms with Crippen LogP contribution in [0.1, 0.15) is 40.0 Å². The van der Waals surface area contributed by atoms with Gasteiger partial charge in [0, 0.05) is 12.6 Å². The zero-order valence-corrected chi connectivity index (χ0v) is 11.4. The lowest BCUT2D eigenvalue weighted by molar-refractivity contribution is -0.142. The molecule has 0 aromatic rings. The Bertz CT molecular complexity index is 305. The minimum absolute atomic E-state index is 0.0107. The van der Waals surface area contributed by atoms with Crippen LogP contribution in [-0.4, -0.2) is 29.7 Å². The summed E-state index contributed by atoms with van der Waals surface area (Å²) in [5.41, 5.74) is 0. The minimum Gasteiger partial charge on any atom is -0.481 e. The highest BCUT2D eigenvalue weighted by molar-refractivity contribution is 5.76. The molecule has 0 aromatic heterocycles. The summed E-state index contributed by atoms with van der Waals surface area (Å²) in [6, 6.07) is 0.0396. The highest BCUT2D eigenvalue weighted by Gasteiger charge is 2.37. The van der Waals surface area contributed by atoms with Gasteiger partial charge in [-0.1, -0.05) is 27.2 Å². The van der Waals surface area contributed by atoms with E-state index < -0.39 is 11.9 Å². The number of urea groups is 1. The molecule has 0 radical (unpaired) electrons. The SMILES string of the molecule is CCCC1CC1NC(=O)NCC(C(=O)O)C(C)C. The summed E-state index contributed by atoms with van der Waals surface area (Å²) in [4.78, 5) is 22.5.